The summed E-state index contributed by atoms with van der Waals surface area (Å²) in [6, 6.07) is 12.6. The molecule has 0 aliphatic carbocycles. The SMILES string of the molecule is COC(=O)c1ccc(C(=O)O[C@H](C)C(=O)c2ccc(Br)cc2)cc1. The molecule has 0 aliphatic heterocycles. The molecule has 124 valence electrons. The number of esters is 2. The fourth-order valence-corrected chi connectivity index (χ4v) is 2.26. The Labute approximate surface area is 147 Å². The van der Waals surface area contributed by atoms with E-state index in [1.165, 1.54) is 38.3 Å². The number of hydrogen-bond acceptors (Lipinski definition) is 5. The van der Waals surface area contributed by atoms with Crippen LogP contribution in [0.25, 0.3) is 0 Å². The summed E-state index contributed by atoms with van der Waals surface area (Å²) in [7, 11) is 1.28. The molecule has 0 aromatic heterocycles. The van der Waals surface area contributed by atoms with Gasteiger partial charge in [-0.3, -0.25) is 4.79 Å². The summed E-state index contributed by atoms with van der Waals surface area (Å²) in [6.07, 6.45) is -0.918. The number of carbonyl (C=O) groups excluding carboxylic acids is 3. The van der Waals surface area contributed by atoms with Gasteiger partial charge in [0.15, 0.2) is 6.10 Å². The third-order valence-corrected chi connectivity index (χ3v) is 3.85. The van der Waals surface area contributed by atoms with Gasteiger partial charge in [-0.2, -0.15) is 0 Å². The molecule has 0 fully saturated rings. The molecule has 5 nitrogen and oxygen atoms in total. The van der Waals surface area contributed by atoms with Gasteiger partial charge >= 0.3 is 11.9 Å². The highest BCUT2D eigenvalue weighted by atomic mass is 79.9. The van der Waals surface area contributed by atoms with Crippen molar-refractivity contribution in [3.8, 4) is 0 Å². The minimum atomic E-state index is -0.918. The maximum atomic E-state index is 12.3. The first-order valence-corrected chi connectivity index (χ1v) is 7.91. The van der Waals surface area contributed by atoms with E-state index >= 15 is 0 Å². The molecule has 0 unspecified atom stereocenters. The number of hydrogen-bond donors (Lipinski definition) is 0. The Morgan fingerprint density at radius 2 is 1.29 bits per heavy atom. The second-order valence-corrected chi connectivity index (χ2v) is 5.90. The van der Waals surface area contributed by atoms with Gasteiger partial charge in [0.2, 0.25) is 5.78 Å². The van der Waals surface area contributed by atoms with Crippen molar-refractivity contribution in [1.29, 1.82) is 0 Å². The summed E-state index contributed by atoms with van der Waals surface area (Å²) in [5, 5.41) is 0. The van der Waals surface area contributed by atoms with Crippen molar-refractivity contribution in [2.24, 2.45) is 0 Å². The lowest BCUT2D eigenvalue weighted by molar-refractivity contribution is 0.0318. The highest BCUT2D eigenvalue weighted by Gasteiger charge is 2.20. The lowest BCUT2D eigenvalue weighted by Crippen LogP contribution is -2.24. The van der Waals surface area contributed by atoms with Gasteiger partial charge in [-0.15, -0.1) is 0 Å². The zero-order valence-corrected chi connectivity index (χ0v) is 14.7. The molecule has 2 aromatic carbocycles. The van der Waals surface area contributed by atoms with Crippen molar-refractivity contribution in [3.63, 3.8) is 0 Å². The van der Waals surface area contributed by atoms with E-state index in [4.69, 9.17) is 4.74 Å². The van der Waals surface area contributed by atoms with Gasteiger partial charge < -0.3 is 9.47 Å². The van der Waals surface area contributed by atoms with Crippen molar-refractivity contribution in [1.82, 2.24) is 0 Å². The minimum Gasteiger partial charge on any atom is -0.465 e. The molecule has 0 spiro atoms. The zero-order chi connectivity index (χ0) is 17.7. The molecule has 6 heteroatoms. The first kappa shape index (κ1) is 17.9. The van der Waals surface area contributed by atoms with E-state index in [1.54, 1.807) is 24.3 Å². The molecule has 0 saturated carbocycles. The van der Waals surface area contributed by atoms with E-state index in [1.807, 2.05) is 0 Å². The topological polar surface area (TPSA) is 69.7 Å². The molecule has 0 heterocycles. The summed E-state index contributed by atoms with van der Waals surface area (Å²) in [5.41, 5.74) is 1.03. The second-order valence-electron chi connectivity index (χ2n) is 4.99. The Kier molecular flexibility index (Phi) is 5.87. The van der Waals surface area contributed by atoms with E-state index < -0.39 is 18.0 Å². The molecular weight excluding hydrogens is 376 g/mol. The van der Waals surface area contributed by atoms with Gasteiger partial charge in [0.1, 0.15) is 0 Å². The van der Waals surface area contributed by atoms with E-state index in [0.29, 0.717) is 11.1 Å². The van der Waals surface area contributed by atoms with Crippen LogP contribution in [0.3, 0.4) is 0 Å². The van der Waals surface area contributed by atoms with E-state index in [-0.39, 0.29) is 11.3 Å². The van der Waals surface area contributed by atoms with E-state index in [9.17, 15) is 14.4 Å². The first-order chi connectivity index (χ1) is 11.4. The van der Waals surface area contributed by atoms with Crippen molar-refractivity contribution < 1.29 is 23.9 Å². The third-order valence-electron chi connectivity index (χ3n) is 3.32. The van der Waals surface area contributed by atoms with Crippen LogP contribution in [0.5, 0.6) is 0 Å². The Bertz CT molecular complexity index is 750. The van der Waals surface area contributed by atoms with Crippen LogP contribution in [0.1, 0.15) is 38.0 Å². The minimum absolute atomic E-state index is 0.248. The molecule has 1 atom stereocenters. The third kappa shape index (κ3) is 4.29. The van der Waals surface area contributed by atoms with Crippen molar-refractivity contribution in [3.05, 3.63) is 69.7 Å². The number of carbonyl (C=O) groups is 3. The van der Waals surface area contributed by atoms with Crippen LogP contribution >= 0.6 is 15.9 Å². The fourth-order valence-electron chi connectivity index (χ4n) is 1.99. The Hall–Kier alpha value is -2.47. The summed E-state index contributed by atoms with van der Waals surface area (Å²) >= 11 is 3.29. The number of rotatable bonds is 5. The van der Waals surface area contributed by atoms with Gasteiger partial charge in [-0.25, -0.2) is 9.59 Å². The van der Waals surface area contributed by atoms with E-state index in [0.717, 1.165) is 4.47 Å². The lowest BCUT2D eigenvalue weighted by atomic mass is 10.1. The summed E-state index contributed by atoms with van der Waals surface area (Å²) in [5.74, 6) is -1.42. The first-order valence-electron chi connectivity index (χ1n) is 7.11. The van der Waals surface area contributed by atoms with Crippen LogP contribution in [0.15, 0.2) is 53.0 Å². The lowest BCUT2D eigenvalue weighted by Gasteiger charge is -2.12. The van der Waals surface area contributed by atoms with Gasteiger partial charge in [0, 0.05) is 10.0 Å². The van der Waals surface area contributed by atoms with Crippen LogP contribution in [-0.2, 0) is 9.47 Å². The number of ketones is 1. The zero-order valence-electron chi connectivity index (χ0n) is 13.1. The molecule has 2 rings (SSSR count). The second kappa shape index (κ2) is 7.88. The maximum Gasteiger partial charge on any atom is 0.338 e. The average Bonchev–Trinajstić information content (AvgIpc) is 2.61. The average molecular weight is 391 g/mol. The highest BCUT2D eigenvalue weighted by Crippen LogP contribution is 2.14. The smallest absolute Gasteiger partial charge is 0.338 e. The van der Waals surface area contributed by atoms with Gasteiger partial charge in [0.25, 0.3) is 0 Å². The molecule has 0 radical (unpaired) electrons. The standard InChI is InChI=1S/C18H15BrO5/c1-11(16(20)12-7-9-15(19)10-8-12)24-18(22)14-5-3-13(4-6-14)17(21)23-2/h3-11H,1-2H3/t11-/m1/s1. The number of benzene rings is 2. The maximum absolute atomic E-state index is 12.3. The van der Waals surface area contributed by atoms with Crippen LogP contribution in [0.2, 0.25) is 0 Å². The monoisotopic (exact) mass is 390 g/mol. The van der Waals surface area contributed by atoms with Gasteiger partial charge in [-0.1, -0.05) is 28.1 Å². The Morgan fingerprint density at radius 1 is 0.833 bits per heavy atom. The molecule has 2 aromatic rings. The Balaban J connectivity index is 2.04. The fraction of sp³-hybridized carbons (Fsp3) is 0.167. The molecule has 0 saturated heterocycles. The molecule has 0 N–H and O–H groups in total. The number of methoxy groups -OCH3 is 1. The molecular formula is C18H15BrO5. The largest absolute Gasteiger partial charge is 0.465 e. The number of halogens is 1. The predicted molar refractivity (Wildman–Crippen MR) is 91.1 cm³/mol. The van der Waals surface area contributed by atoms with Crippen LogP contribution in [0.4, 0.5) is 0 Å². The normalized spacial score (nSPS) is 11.5. The van der Waals surface area contributed by atoms with Crippen LogP contribution < -0.4 is 0 Å². The number of ether oxygens (including phenoxy) is 2. The van der Waals surface area contributed by atoms with Crippen molar-refractivity contribution >= 4 is 33.7 Å². The highest BCUT2D eigenvalue weighted by molar-refractivity contribution is 9.10. The summed E-state index contributed by atoms with van der Waals surface area (Å²) in [4.78, 5) is 35.7. The van der Waals surface area contributed by atoms with Gasteiger partial charge in [-0.05, 0) is 43.3 Å². The van der Waals surface area contributed by atoms with Crippen LogP contribution in [-0.4, -0.2) is 30.9 Å². The quantitative estimate of drug-likeness (QED) is 0.575. The molecule has 0 bridgehead atoms. The number of Topliss-reactive ketones (excluding diaryl/α,β-unsaturated/α-hetero) is 1. The summed E-state index contributed by atoms with van der Waals surface area (Å²) in [6.45, 7) is 1.52. The van der Waals surface area contributed by atoms with Crippen LogP contribution in [0, 0.1) is 0 Å². The molecule has 24 heavy (non-hydrogen) atoms. The predicted octanol–water partition coefficient (Wildman–Crippen LogP) is 3.66. The van der Waals surface area contributed by atoms with E-state index in [2.05, 4.69) is 20.7 Å². The van der Waals surface area contributed by atoms with Crippen molar-refractivity contribution in [2.75, 3.05) is 7.11 Å². The van der Waals surface area contributed by atoms with Gasteiger partial charge in [0.05, 0.1) is 18.2 Å². The molecule has 0 amide bonds. The Morgan fingerprint density at radius 3 is 1.79 bits per heavy atom. The summed E-state index contributed by atoms with van der Waals surface area (Å²) < 4.78 is 10.6. The van der Waals surface area contributed by atoms with Crippen molar-refractivity contribution in [2.45, 2.75) is 13.0 Å². The molecule has 0 aliphatic rings.